The number of morpholine rings is 1. The lowest BCUT2D eigenvalue weighted by Gasteiger charge is -2.26. The first-order valence-corrected chi connectivity index (χ1v) is 8.98. The maximum absolute atomic E-state index is 12.4. The second kappa shape index (κ2) is 9.29. The first-order chi connectivity index (χ1) is 13.2. The highest BCUT2D eigenvalue weighted by atomic mass is 16.5. The van der Waals surface area contributed by atoms with Crippen molar-refractivity contribution >= 4 is 17.4 Å². The minimum Gasteiger partial charge on any atom is -0.495 e. The van der Waals surface area contributed by atoms with Crippen molar-refractivity contribution in [3.8, 4) is 5.75 Å². The molecule has 1 aliphatic heterocycles. The first kappa shape index (κ1) is 19.1. The lowest BCUT2D eigenvalue weighted by Crippen LogP contribution is -2.39. The molecule has 2 aromatic rings. The van der Waals surface area contributed by atoms with Crippen molar-refractivity contribution in [2.45, 2.75) is 6.92 Å². The molecule has 1 aliphatic rings. The van der Waals surface area contributed by atoms with Crippen molar-refractivity contribution < 1.29 is 14.3 Å². The maximum atomic E-state index is 12.4. The summed E-state index contributed by atoms with van der Waals surface area (Å²) in [6, 6.07) is 5.59. The van der Waals surface area contributed by atoms with Crippen LogP contribution in [0.4, 0.5) is 11.5 Å². The van der Waals surface area contributed by atoms with Gasteiger partial charge in [0.2, 0.25) is 0 Å². The standard InChI is InChI=1S/C19H25N5O3/c1-14-3-4-17(26-2)15(11-14)23-19(25)16-12-22-18(13-21-16)20-5-6-24-7-9-27-10-8-24/h3-4,11-13H,5-10H2,1-2H3,(H,20,22)(H,23,25). The Bertz CT molecular complexity index is 760. The second-order valence-electron chi connectivity index (χ2n) is 6.33. The fraction of sp³-hybridized carbons (Fsp3) is 0.421. The van der Waals surface area contributed by atoms with E-state index in [-0.39, 0.29) is 11.6 Å². The molecule has 1 fully saturated rings. The lowest BCUT2D eigenvalue weighted by atomic mass is 10.2. The van der Waals surface area contributed by atoms with Crippen LogP contribution in [-0.4, -0.2) is 67.3 Å². The molecule has 8 heteroatoms. The van der Waals surface area contributed by atoms with Gasteiger partial charge in [0.15, 0.2) is 0 Å². The molecule has 0 spiro atoms. The number of ether oxygens (including phenoxy) is 2. The summed E-state index contributed by atoms with van der Waals surface area (Å²) in [6.07, 6.45) is 3.04. The predicted octanol–water partition coefficient (Wildman–Crippen LogP) is 1.79. The zero-order valence-corrected chi connectivity index (χ0v) is 15.7. The van der Waals surface area contributed by atoms with Gasteiger partial charge < -0.3 is 20.1 Å². The van der Waals surface area contributed by atoms with Crippen LogP contribution in [0.2, 0.25) is 0 Å². The summed E-state index contributed by atoms with van der Waals surface area (Å²) >= 11 is 0. The molecule has 1 aromatic carbocycles. The molecule has 3 rings (SSSR count). The fourth-order valence-corrected chi connectivity index (χ4v) is 2.81. The number of hydrogen-bond donors (Lipinski definition) is 2. The average Bonchev–Trinajstić information content (AvgIpc) is 2.69. The quantitative estimate of drug-likeness (QED) is 0.767. The van der Waals surface area contributed by atoms with Gasteiger partial charge in [-0.15, -0.1) is 0 Å². The van der Waals surface area contributed by atoms with Gasteiger partial charge in [-0.1, -0.05) is 6.07 Å². The van der Waals surface area contributed by atoms with Gasteiger partial charge in [-0.25, -0.2) is 9.97 Å². The topological polar surface area (TPSA) is 88.6 Å². The molecular formula is C19H25N5O3. The van der Waals surface area contributed by atoms with E-state index in [4.69, 9.17) is 9.47 Å². The monoisotopic (exact) mass is 371 g/mol. The van der Waals surface area contributed by atoms with Crippen LogP contribution in [0.25, 0.3) is 0 Å². The van der Waals surface area contributed by atoms with E-state index in [2.05, 4.69) is 25.5 Å². The lowest BCUT2D eigenvalue weighted by molar-refractivity contribution is 0.0398. The normalized spacial score (nSPS) is 14.6. The Hall–Kier alpha value is -2.71. The number of methoxy groups -OCH3 is 1. The van der Waals surface area contributed by atoms with E-state index in [0.29, 0.717) is 17.3 Å². The van der Waals surface area contributed by atoms with Gasteiger partial charge in [0.05, 0.1) is 38.4 Å². The van der Waals surface area contributed by atoms with Gasteiger partial charge in [0.25, 0.3) is 5.91 Å². The third kappa shape index (κ3) is 5.38. The largest absolute Gasteiger partial charge is 0.495 e. The van der Waals surface area contributed by atoms with Gasteiger partial charge in [-0.2, -0.15) is 0 Å². The van der Waals surface area contributed by atoms with E-state index in [9.17, 15) is 4.79 Å². The Labute approximate surface area is 158 Å². The molecule has 27 heavy (non-hydrogen) atoms. The minimum atomic E-state index is -0.328. The Balaban J connectivity index is 1.53. The highest BCUT2D eigenvalue weighted by Gasteiger charge is 2.12. The number of carbonyl (C=O) groups is 1. The fourth-order valence-electron chi connectivity index (χ4n) is 2.81. The number of carbonyl (C=O) groups excluding carboxylic acids is 1. The van der Waals surface area contributed by atoms with E-state index in [0.717, 1.165) is 45.0 Å². The van der Waals surface area contributed by atoms with E-state index in [1.807, 2.05) is 25.1 Å². The van der Waals surface area contributed by atoms with Crippen LogP contribution in [0, 0.1) is 6.92 Å². The van der Waals surface area contributed by atoms with Crippen LogP contribution in [0.1, 0.15) is 16.1 Å². The highest BCUT2D eigenvalue weighted by Crippen LogP contribution is 2.25. The first-order valence-electron chi connectivity index (χ1n) is 8.98. The molecule has 0 bridgehead atoms. The number of aryl methyl sites for hydroxylation is 1. The second-order valence-corrected chi connectivity index (χ2v) is 6.33. The number of nitrogens with one attached hydrogen (secondary N) is 2. The van der Waals surface area contributed by atoms with Crippen LogP contribution < -0.4 is 15.4 Å². The van der Waals surface area contributed by atoms with E-state index in [1.54, 1.807) is 13.3 Å². The van der Waals surface area contributed by atoms with Gasteiger partial charge in [0.1, 0.15) is 17.3 Å². The zero-order chi connectivity index (χ0) is 19.1. The molecule has 0 saturated carbocycles. The Morgan fingerprint density at radius 3 is 2.78 bits per heavy atom. The summed E-state index contributed by atoms with van der Waals surface area (Å²) < 4.78 is 10.6. The molecule has 1 aromatic heterocycles. The number of nitrogens with zero attached hydrogens (tertiary/aromatic N) is 3. The number of rotatable bonds is 7. The van der Waals surface area contributed by atoms with Crippen LogP contribution in [-0.2, 0) is 4.74 Å². The highest BCUT2D eigenvalue weighted by molar-refractivity contribution is 6.03. The molecule has 0 radical (unpaired) electrons. The van der Waals surface area contributed by atoms with Gasteiger partial charge in [-0.05, 0) is 24.6 Å². The van der Waals surface area contributed by atoms with Gasteiger partial charge in [0, 0.05) is 26.2 Å². The Morgan fingerprint density at radius 1 is 1.26 bits per heavy atom. The van der Waals surface area contributed by atoms with Crippen LogP contribution >= 0.6 is 0 Å². The summed E-state index contributed by atoms with van der Waals surface area (Å²) in [4.78, 5) is 23.2. The summed E-state index contributed by atoms with van der Waals surface area (Å²) in [5, 5.41) is 6.04. The molecule has 1 saturated heterocycles. The van der Waals surface area contributed by atoms with Crippen molar-refractivity contribution in [3.63, 3.8) is 0 Å². The van der Waals surface area contributed by atoms with E-state index in [1.165, 1.54) is 6.20 Å². The smallest absolute Gasteiger partial charge is 0.275 e. The van der Waals surface area contributed by atoms with Crippen LogP contribution in [0.3, 0.4) is 0 Å². The van der Waals surface area contributed by atoms with Gasteiger partial charge >= 0.3 is 0 Å². The number of aromatic nitrogens is 2. The maximum Gasteiger partial charge on any atom is 0.275 e. The molecular weight excluding hydrogens is 346 g/mol. The minimum absolute atomic E-state index is 0.247. The predicted molar refractivity (Wildman–Crippen MR) is 103 cm³/mol. The van der Waals surface area contributed by atoms with Crippen molar-refractivity contribution in [2.24, 2.45) is 0 Å². The Morgan fingerprint density at radius 2 is 2.07 bits per heavy atom. The summed E-state index contributed by atoms with van der Waals surface area (Å²) in [5.41, 5.74) is 1.88. The molecule has 0 atom stereocenters. The number of anilines is 2. The van der Waals surface area contributed by atoms with Crippen molar-refractivity contribution in [2.75, 3.05) is 57.1 Å². The molecule has 2 N–H and O–H groups in total. The van der Waals surface area contributed by atoms with Crippen LogP contribution in [0.5, 0.6) is 5.75 Å². The van der Waals surface area contributed by atoms with Gasteiger partial charge in [-0.3, -0.25) is 9.69 Å². The summed E-state index contributed by atoms with van der Waals surface area (Å²) in [5.74, 6) is 0.919. The summed E-state index contributed by atoms with van der Waals surface area (Å²) in [6.45, 7) is 7.11. The molecule has 1 amide bonds. The summed E-state index contributed by atoms with van der Waals surface area (Å²) in [7, 11) is 1.57. The third-order valence-corrected chi connectivity index (χ3v) is 4.33. The SMILES string of the molecule is COc1ccc(C)cc1NC(=O)c1cnc(NCCN2CCOCC2)cn1. The molecule has 8 nitrogen and oxygen atoms in total. The molecule has 0 unspecified atom stereocenters. The zero-order valence-electron chi connectivity index (χ0n) is 15.7. The van der Waals surface area contributed by atoms with Crippen molar-refractivity contribution in [3.05, 3.63) is 41.9 Å². The number of hydrogen-bond acceptors (Lipinski definition) is 7. The Kier molecular flexibility index (Phi) is 6.56. The van der Waals surface area contributed by atoms with E-state index < -0.39 is 0 Å². The number of amides is 1. The molecule has 2 heterocycles. The third-order valence-electron chi connectivity index (χ3n) is 4.33. The average molecular weight is 371 g/mol. The van der Waals surface area contributed by atoms with Crippen molar-refractivity contribution in [1.82, 2.24) is 14.9 Å². The van der Waals surface area contributed by atoms with Crippen molar-refractivity contribution in [1.29, 1.82) is 0 Å². The van der Waals surface area contributed by atoms with Crippen LogP contribution in [0.15, 0.2) is 30.6 Å². The van der Waals surface area contributed by atoms with E-state index >= 15 is 0 Å². The molecule has 144 valence electrons. The molecule has 0 aliphatic carbocycles. The number of benzene rings is 1.